The van der Waals surface area contributed by atoms with Gasteiger partial charge in [0.25, 0.3) is 0 Å². The second kappa shape index (κ2) is 19.5. The Morgan fingerprint density at radius 2 is 1.35 bits per heavy atom. The molecule has 0 unspecified atom stereocenters. The SMILES string of the molecule is C=COOOOOOCCCCCCCCCC.O=P(O)(O)O. The lowest BCUT2D eigenvalue weighted by molar-refractivity contribution is -0.751. The van der Waals surface area contributed by atoms with Crippen LogP contribution in [-0.4, -0.2) is 21.3 Å². The van der Waals surface area contributed by atoms with Gasteiger partial charge in [0.2, 0.25) is 0 Å². The summed E-state index contributed by atoms with van der Waals surface area (Å²) in [6.45, 7) is 5.87. The van der Waals surface area contributed by atoms with E-state index in [9.17, 15) is 0 Å². The highest BCUT2D eigenvalue weighted by Crippen LogP contribution is 2.25. The van der Waals surface area contributed by atoms with Gasteiger partial charge in [0.15, 0.2) is 0 Å². The zero-order chi connectivity index (χ0) is 17.8. The summed E-state index contributed by atoms with van der Waals surface area (Å²) in [5.41, 5.74) is 0. The van der Waals surface area contributed by atoms with Crippen LogP contribution in [0.25, 0.3) is 0 Å². The van der Waals surface area contributed by atoms with Crippen molar-refractivity contribution in [3.8, 4) is 0 Å². The van der Waals surface area contributed by atoms with Crippen molar-refractivity contribution < 1.29 is 49.2 Å². The van der Waals surface area contributed by atoms with Gasteiger partial charge in [-0.1, -0.05) is 58.4 Å². The normalized spacial score (nSPS) is 10.8. The highest BCUT2D eigenvalue weighted by Gasteiger charge is 2.00. The molecule has 0 aliphatic rings. The number of unbranched alkanes of at least 4 members (excludes halogenated alkanes) is 7. The first kappa shape index (κ1) is 24.7. The Morgan fingerprint density at radius 3 is 1.87 bits per heavy atom. The Morgan fingerprint density at radius 1 is 0.870 bits per heavy atom. The molecule has 23 heavy (non-hydrogen) atoms. The van der Waals surface area contributed by atoms with E-state index in [-0.39, 0.29) is 0 Å². The van der Waals surface area contributed by atoms with Crippen LogP contribution in [0.3, 0.4) is 0 Å². The summed E-state index contributed by atoms with van der Waals surface area (Å²) in [5, 5.41) is 16.0. The van der Waals surface area contributed by atoms with E-state index in [2.05, 4.69) is 43.4 Å². The van der Waals surface area contributed by atoms with E-state index < -0.39 is 7.82 Å². The van der Waals surface area contributed by atoms with Crippen molar-refractivity contribution in [1.82, 2.24) is 0 Å². The van der Waals surface area contributed by atoms with E-state index >= 15 is 0 Å². The summed E-state index contributed by atoms with van der Waals surface area (Å²) in [4.78, 5) is 30.3. The van der Waals surface area contributed by atoms with Gasteiger partial charge in [-0.25, -0.2) is 9.45 Å². The fourth-order valence-corrected chi connectivity index (χ4v) is 1.42. The van der Waals surface area contributed by atoms with E-state index in [1.807, 2.05) is 0 Å². The van der Waals surface area contributed by atoms with Crippen LogP contribution in [-0.2, 0) is 34.5 Å². The molecular weight excluding hydrogens is 335 g/mol. The van der Waals surface area contributed by atoms with Gasteiger partial charge < -0.3 is 19.6 Å². The number of phosphoric acid groups is 1. The number of hydrogen-bond donors (Lipinski definition) is 3. The minimum absolute atomic E-state index is 0.445. The molecule has 0 aliphatic carbocycles. The largest absolute Gasteiger partial charge is 0.466 e. The molecule has 0 saturated heterocycles. The van der Waals surface area contributed by atoms with Gasteiger partial charge in [-0.3, -0.25) is 0 Å². The van der Waals surface area contributed by atoms with Crippen LogP contribution in [0.15, 0.2) is 12.8 Å². The summed E-state index contributed by atoms with van der Waals surface area (Å²) in [6, 6.07) is 0. The van der Waals surface area contributed by atoms with Crippen LogP contribution in [0, 0.1) is 0 Å². The van der Waals surface area contributed by atoms with E-state index in [1.54, 1.807) is 0 Å². The summed E-state index contributed by atoms with van der Waals surface area (Å²) < 4.78 is 8.88. The lowest BCUT2D eigenvalue weighted by atomic mass is 10.1. The second-order valence-corrected chi connectivity index (χ2v) is 5.37. The number of hydrogen-bond acceptors (Lipinski definition) is 7. The smallest absolute Gasteiger partial charge is 0.315 e. The van der Waals surface area contributed by atoms with Crippen molar-refractivity contribution in [2.24, 2.45) is 0 Å². The van der Waals surface area contributed by atoms with Crippen molar-refractivity contribution >= 4 is 7.82 Å². The van der Waals surface area contributed by atoms with Gasteiger partial charge in [-0.2, -0.15) is 0 Å². The molecule has 0 heterocycles. The minimum Gasteiger partial charge on any atom is -0.315 e. The molecule has 0 atom stereocenters. The van der Waals surface area contributed by atoms with Gasteiger partial charge >= 0.3 is 7.82 Å². The van der Waals surface area contributed by atoms with Crippen molar-refractivity contribution in [2.45, 2.75) is 58.3 Å². The summed E-state index contributed by atoms with van der Waals surface area (Å²) in [6.07, 6.45) is 10.9. The Kier molecular flexibility index (Phi) is 20.9. The Balaban J connectivity index is 0. The van der Waals surface area contributed by atoms with E-state index in [0.29, 0.717) is 6.61 Å². The third-order valence-electron chi connectivity index (χ3n) is 2.32. The highest BCUT2D eigenvalue weighted by molar-refractivity contribution is 7.45. The first-order valence-electron chi connectivity index (χ1n) is 7.26. The first-order chi connectivity index (χ1) is 10.9. The highest BCUT2D eigenvalue weighted by atomic mass is 31.2. The fourth-order valence-electron chi connectivity index (χ4n) is 1.42. The average Bonchev–Trinajstić information content (AvgIpc) is 2.46. The summed E-state index contributed by atoms with van der Waals surface area (Å²) in [5.74, 6) is 0. The van der Waals surface area contributed by atoms with E-state index in [0.717, 1.165) is 19.1 Å². The molecule has 10 nitrogen and oxygen atoms in total. The van der Waals surface area contributed by atoms with Crippen LogP contribution in [0.5, 0.6) is 0 Å². The predicted molar refractivity (Wildman–Crippen MR) is 78.4 cm³/mol. The van der Waals surface area contributed by atoms with Gasteiger partial charge in [0, 0.05) is 10.1 Å². The van der Waals surface area contributed by atoms with Crippen LogP contribution in [0.4, 0.5) is 0 Å². The Labute approximate surface area is 135 Å². The molecule has 0 amide bonds. The lowest BCUT2D eigenvalue weighted by Gasteiger charge is -2.02. The quantitative estimate of drug-likeness (QED) is 0.131. The monoisotopic (exact) mass is 362 g/mol. The van der Waals surface area contributed by atoms with Crippen LogP contribution in [0.1, 0.15) is 58.3 Å². The molecule has 0 aromatic rings. The standard InChI is InChI=1S/C12H24O6.H3O4P/c1-3-5-6-7-8-9-10-11-12-14-16-18-17-15-13-4-2;1-5(2,3)4/h4H,2-3,5-12H2,1H3;(H3,1,2,3,4). The maximum absolute atomic E-state index is 8.88. The molecule has 0 aromatic carbocycles. The second-order valence-electron chi connectivity index (χ2n) is 4.35. The fraction of sp³-hybridized carbons (Fsp3) is 0.833. The van der Waals surface area contributed by atoms with Crippen LogP contribution >= 0.6 is 7.82 Å². The van der Waals surface area contributed by atoms with Crippen molar-refractivity contribution in [1.29, 1.82) is 0 Å². The Hall–Kier alpha value is -0.550. The molecule has 0 bridgehead atoms. The molecule has 0 aliphatic heterocycles. The van der Waals surface area contributed by atoms with E-state index in [1.165, 1.54) is 38.5 Å². The third kappa shape index (κ3) is 38.9. The van der Waals surface area contributed by atoms with Gasteiger partial charge in [0.1, 0.15) is 6.26 Å². The van der Waals surface area contributed by atoms with Crippen molar-refractivity contribution in [2.75, 3.05) is 6.61 Å². The molecule has 140 valence electrons. The molecule has 0 saturated carbocycles. The molecule has 0 aromatic heterocycles. The van der Waals surface area contributed by atoms with E-state index in [4.69, 9.17) is 19.2 Å². The third-order valence-corrected chi connectivity index (χ3v) is 2.32. The molecule has 11 heteroatoms. The number of rotatable bonds is 15. The lowest BCUT2D eigenvalue weighted by Crippen LogP contribution is -2.00. The molecule has 0 fully saturated rings. The van der Waals surface area contributed by atoms with Gasteiger partial charge in [0.05, 0.1) is 6.61 Å². The Bertz CT molecular complexity index is 275. The van der Waals surface area contributed by atoms with Crippen molar-refractivity contribution in [3.63, 3.8) is 0 Å². The molecule has 3 N–H and O–H groups in total. The molecule has 0 spiro atoms. The topological polar surface area (TPSA) is 133 Å². The van der Waals surface area contributed by atoms with Crippen LogP contribution < -0.4 is 0 Å². The van der Waals surface area contributed by atoms with Gasteiger partial charge in [-0.15, -0.1) is 0 Å². The first-order valence-corrected chi connectivity index (χ1v) is 8.82. The zero-order valence-corrected chi connectivity index (χ0v) is 14.2. The average molecular weight is 362 g/mol. The van der Waals surface area contributed by atoms with Crippen LogP contribution in [0.2, 0.25) is 0 Å². The maximum Gasteiger partial charge on any atom is 0.466 e. The zero-order valence-electron chi connectivity index (χ0n) is 13.3. The summed E-state index contributed by atoms with van der Waals surface area (Å²) >= 11 is 0. The molecule has 0 rings (SSSR count). The maximum atomic E-state index is 8.88. The summed E-state index contributed by atoms with van der Waals surface area (Å²) in [7, 11) is -4.64. The molecular formula is C12H27O10P. The molecule has 0 radical (unpaired) electrons. The minimum atomic E-state index is -4.64. The van der Waals surface area contributed by atoms with Gasteiger partial charge in [-0.05, 0) is 16.5 Å². The predicted octanol–water partition coefficient (Wildman–Crippen LogP) is 3.02. The van der Waals surface area contributed by atoms with Crippen molar-refractivity contribution in [3.05, 3.63) is 12.8 Å².